The number of hydrogen-bond acceptors (Lipinski definition) is 2. The van der Waals surface area contributed by atoms with Crippen molar-refractivity contribution in [2.24, 2.45) is 0 Å². The van der Waals surface area contributed by atoms with E-state index in [0.717, 1.165) is 0 Å². The second-order valence-corrected chi connectivity index (χ2v) is 3.45. The molecule has 2 N–H and O–H groups in total. The van der Waals surface area contributed by atoms with Crippen LogP contribution in [0.1, 0.15) is 5.56 Å². The average molecular weight is 254 g/mol. The molecular formula is C7H6BrClFNO. The summed E-state index contributed by atoms with van der Waals surface area (Å²) in [6.45, 7) is 0.0405. The van der Waals surface area contributed by atoms with Crippen molar-refractivity contribution in [1.82, 2.24) is 5.48 Å². The monoisotopic (exact) mass is 253 g/mol. The molecule has 0 unspecified atom stereocenters. The van der Waals surface area contributed by atoms with Crippen molar-refractivity contribution in [3.63, 3.8) is 0 Å². The van der Waals surface area contributed by atoms with Gasteiger partial charge in [0.1, 0.15) is 5.82 Å². The summed E-state index contributed by atoms with van der Waals surface area (Å²) < 4.78 is 13.5. The molecule has 0 aliphatic heterocycles. The van der Waals surface area contributed by atoms with Crippen molar-refractivity contribution in [1.29, 1.82) is 0 Å². The van der Waals surface area contributed by atoms with E-state index in [1.807, 2.05) is 5.48 Å². The summed E-state index contributed by atoms with van der Waals surface area (Å²) >= 11 is 8.78. The third-order valence-electron chi connectivity index (χ3n) is 1.36. The zero-order valence-electron chi connectivity index (χ0n) is 5.94. The molecule has 66 valence electrons. The van der Waals surface area contributed by atoms with Crippen molar-refractivity contribution >= 4 is 27.5 Å². The van der Waals surface area contributed by atoms with Gasteiger partial charge >= 0.3 is 0 Å². The minimum atomic E-state index is -0.409. The van der Waals surface area contributed by atoms with E-state index in [2.05, 4.69) is 15.9 Å². The minimum absolute atomic E-state index is 0.0405. The quantitative estimate of drug-likeness (QED) is 0.628. The standard InChI is InChI=1S/C7H6BrClFNO/c8-5-2-7(10)4(3-11-12)1-6(5)9/h1-2,11-12H,3H2. The third-order valence-corrected chi connectivity index (χ3v) is 2.56. The normalized spacial score (nSPS) is 10.3. The number of hydrogen-bond donors (Lipinski definition) is 2. The molecule has 1 aromatic rings. The maximum absolute atomic E-state index is 13.0. The van der Waals surface area contributed by atoms with Crippen LogP contribution in [0.2, 0.25) is 5.02 Å². The summed E-state index contributed by atoms with van der Waals surface area (Å²) in [5, 5.41) is 8.75. The van der Waals surface area contributed by atoms with E-state index in [4.69, 9.17) is 16.8 Å². The highest BCUT2D eigenvalue weighted by Gasteiger charge is 2.05. The first-order valence-corrected chi connectivity index (χ1v) is 4.32. The van der Waals surface area contributed by atoms with Gasteiger partial charge in [-0.05, 0) is 28.1 Å². The van der Waals surface area contributed by atoms with E-state index in [-0.39, 0.29) is 6.54 Å². The van der Waals surface area contributed by atoms with Crippen LogP contribution >= 0.6 is 27.5 Å². The van der Waals surface area contributed by atoms with Crippen molar-refractivity contribution in [2.45, 2.75) is 6.54 Å². The van der Waals surface area contributed by atoms with Crippen LogP contribution in [0.5, 0.6) is 0 Å². The molecule has 0 aliphatic carbocycles. The Morgan fingerprint density at radius 2 is 2.25 bits per heavy atom. The third kappa shape index (κ3) is 2.17. The van der Waals surface area contributed by atoms with Crippen LogP contribution in [0.3, 0.4) is 0 Å². The second-order valence-electron chi connectivity index (χ2n) is 2.19. The fourth-order valence-corrected chi connectivity index (χ4v) is 1.29. The summed E-state index contributed by atoms with van der Waals surface area (Å²) in [4.78, 5) is 0. The molecule has 0 atom stereocenters. The lowest BCUT2D eigenvalue weighted by molar-refractivity contribution is 0.160. The Morgan fingerprint density at radius 1 is 1.58 bits per heavy atom. The molecule has 0 heterocycles. The maximum atomic E-state index is 13.0. The Balaban J connectivity index is 3.05. The number of halogens is 3. The van der Waals surface area contributed by atoms with Crippen LogP contribution in [0.25, 0.3) is 0 Å². The number of benzene rings is 1. The molecule has 1 rings (SSSR count). The topological polar surface area (TPSA) is 32.3 Å². The Morgan fingerprint density at radius 3 is 2.83 bits per heavy atom. The van der Waals surface area contributed by atoms with Crippen molar-refractivity contribution in [2.75, 3.05) is 0 Å². The predicted molar refractivity (Wildman–Crippen MR) is 47.7 cm³/mol. The second kappa shape index (κ2) is 4.18. The van der Waals surface area contributed by atoms with Crippen LogP contribution in [0.4, 0.5) is 4.39 Å². The summed E-state index contributed by atoms with van der Waals surface area (Å²) in [5.74, 6) is -0.409. The van der Waals surface area contributed by atoms with E-state index in [0.29, 0.717) is 15.1 Å². The van der Waals surface area contributed by atoms with Crippen LogP contribution < -0.4 is 5.48 Å². The lowest BCUT2D eigenvalue weighted by atomic mass is 10.2. The fraction of sp³-hybridized carbons (Fsp3) is 0.143. The van der Waals surface area contributed by atoms with E-state index < -0.39 is 5.82 Å². The Bertz CT molecular complexity index is 295. The van der Waals surface area contributed by atoms with Gasteiger partial charge in [0.15, 0.2) is 0 Å². The van der Waals surface area contributed by atoms with Gasteiger partial charge in [-0.15, -0.1) is 0 Å². The van der Waals surface area contributed by atoms with Crippen LogP contribution in [-0.4, -0.2) is 5.21 Å². The summed E-state index contributed by atoms with van der Waals surface area (Å²) in [6, 6.07) is 2.71. The highest BCUT2D eigenvalue weighted by Crippen LogP contribution is 2.25. The van der Waals surface area contributed by atoms with Crippen LogP contribution in [0.15, 0.2) is 16.6 Å². The largest absolute Gasteiger partial charge is 0.316 e. The van der Waals surface area contributed by atoms with Gasteiger partial charge in [-0.25, -0.2) is 9.87 Å². The van der Waals surface area contributed by atoms with Crippen molar-refractivity contribution < 1.29 is 9.60 Å². The van der Waals surface area contributed by atoms with Gasteiger partial charge in [-0.2, -0.15) is 0 Å². The molecule has 0 aliphatic rings. The van der Waals surface area contributed by atoms with E-state index in [1.54, 1.807) is 0 Å². The van der Waals surface area contributed by atoms with Crippen molar-refractivity contribution in [3.8, 4) is 0 Å². The lowest BCUT2D eigenvalue weighted by Crippen LogP contribution is -2.07. The summed E-state index contributed by atoms with van der Waals surface area (Å²) in [7, 11) is 0. The smallest absolute Gasteiger partial charge is 0.129 e. The van der Waals surface area contributed by atoms with Crippen LogP contribution in [-0.2, 0) is 6.54 Å². The molecule has 0 saturated heterocycles. The van der Waals surface area contributed by atoms with E-state index in [9.17, 15) is 4.39 Å². The Hall–Kier alpha value is -0.160. The Labute approximate surface area is 82.4 Å². The molecule has 2 nitrogen and oxygen atoms in total. The van der Waals surface area contributed by atoms with Crippen molar-refractivity contribution in [3.05, 3.63) is 33.0 Å². The molecule has 1 aromatic carbocycles. The molecule has 5 heteroatoms. The Kier molecular flexibility index (Phi) is 3.46. The van der Waals surface area contributed by atoms with Gasteiger partial charge in [-0.3, -0.25) is 0 Å². The lowest BCUT2D eigenvalue weighted by Gasteiger charge is -2.03. The molecule has 0 spiro atoms. The highest BCUT2D eigenvalue weighted by atomic mass is 79.9. The molecule has 0 radical (unpaired) electrons. The first-order chi connectivity index (χ1) is 5.65. The first kappa shape index (κ1) is 9.92. The van der Waals surface area contributed by atoms with Gasteiger partial charge < -0.3 is 5.21 Å². The molecule has 0 amide bonds. The average Bonchev–Trinajstić information content (AvgIpc) is 2.01. The van der Waals surface area contributed by atoms with Gasteiger partial charge in [0.25, 0.3) is 0 Å². The van der Waals surface area contributed by atoms with Gasteiger partial charge in [0.2, 0.25) is 0 Å². The van der Waals surface area contributed by atoms with Gasteiger partial charge in [0, 0.05) is 16.6 Å². The zero-order chi connectivity index (χ0) is 9.14. The molecular weight excluding hydrogens is 248 g/mol. The first-order valence-electron chi connectivity index (χ1n) is 3.15. The molecule has 12 heavy (non-hydrogen) atoms. The fourth-order valence-electron chi connectivity index (χ4n) is 0.784. The molecule has 0 fully saturated rings. The molecule has 0 saturated carbocycles. The van der Waals surface area contributed by atoms with E-state index in [1.165, 1.54) is 12.1 Å². The zero-order valence-corrected chi connectivity index (χ0v) is 8.28. The predicted octanol–water partition coefficient (Wildman–Crippen LogP) is 2.72. The minimum Gasteiger partial charge on any atom is -0.316 e. The number of hydroxylamine groups is 1. The van der Waals surface area contributed by atoms with Crippen LogP contribution in [0, 0.1) is 5.82 Å². The number of nitrogens with one attached hydrogen (secondary N) is 1. The number of rotatable bonds is 2. The maximum Gasteiger partial charge on any atom is 0.129 e. The van der Waals surface area contributed by atoms with E-state index >= 15 is 0 Å². The summed E-state index contributed by atoms with van der Waals surface area (Å²) in [5.41, 5.74) is 2.18. The highest BCUT2D eigenvalue weighted by molar-refractivity contribution is 9.10. The van der Waals surface area contributed by atoms with Gasteiger partial charge in [0.05, 0.1) is 5.02 Å². The SMILES string of the molecule is ONCc1cc(Cl)c(Br)cc1F. The van der Waals surface area contributed by atoms with Gasteiger partial charge in [-0.1, -0.05) is 11.6 Å². The molecule has 0 aromatic heterocycles. The molecule has 0 bridgehead atoms. The summed E-state index contributed by atoms with van der Waals surface area (Å²) in [6.07, 6.45) is 0.